The number of Topliss-reactive ketones (excluding diaryl/α,β-unsaturated/α-hetero) is 1. The van der Waals surface area contributed by atoms with E-state index in [1.165, 1.54) is 0 Å². The summed E-state index contributed by atoms with van der Waals surface area (Å²) in [6, 6.07) is 0. The van der Waals surface area contributed by atoms with Crippen LogP contribution in [0.15, 0.2) is 0 Å². The van der Waals surface area contributed by atoms with Gasteiger partial charge in [0.05, 0.1) is 0 Å². The fourth-order valence-corrected chi connectivity index (χ4v) is 1.65. The molecule has 0 aromatic heterocycles. The van der Waals surface area contributed by atoms with Crippen LogP contribution < -0.4 is 0 Å². The van der Waals surface area contributed by atoms with Gasteiger partial charge in [-0.3, -0.25) is 4.79 Å². The highest BCUT2D eigenvalue weighted by Crippen LogP contribution is 2.06. The van der Waals surface area contributed by atoms with E-state index in [4.69, 9.17) is 5.11 Å². The van der Waals surface area contributed by atoms with E-state index in [2.05, 4.69) is 6.92 Å². The highest BCUT2D eigenvalue weighted by molar-refractivity contribution is 7.99. The molecule has 0 atom stereocenters. The summed E-state index contributed by atoms with van der Waals surface area (Å²) in [6.45, 7) is 2.10. The van der Waals surface area contributed by atoms with Crippen molar-refractivity contribution in [2.75, 3.05) is 11.5 Å². The Morgan fingerprint density at radius 1 is 1.33 bits per heavy atom. The molecular formula is C8H14O3S. The standard InChI is InChI=1S/C8H14O3S/c1-2-3-5-12-6-4-7(9)8(10)11/h2-6H2,1H3,(H,10,11). The van der Waals surface area contributed by atoms with Crippen molar-refractivity contribution in [1.29, 1.82) is 0 Å². The Bertz CT molecular complexity index is 156. The maximum absolute atomic E-state index is 10.6. The molecule has 1 N–H and O–H groups in total. The van der Waals surface area contributed by atoms with Gasteiger partial charge in [-0.2, -0.15) is 11.8 Å². The molecule has 12 heavy (non-hydrogen) atoms. The molecule has 0 amide bonds. The fourth-order valence-electron chi connectivity index (χ4n) is 0.620. The molecular weight excluding hydrogens is 176 g/mol. The zero-order valence-corrected chi connectivity index (χ0v) is 8.02. The molecule has 0 unspecified atom stereocenters. The average Bonchev–Trinajstić information content (AvgIpc) is 2.03. The minimum Gasteiger partial charge on any atom is -0.476 e. The Morgan fingerprint density at radius 3 is 2.50 bits per heavy atom. The molecule has 0 aromatic rings. The first-order chi connectivity index (χ1) is 5.68. The molecule has 3 nitrogen and oxygen atoms in total. The first kappa shape index (κ1) is 11.5. The van der Waals surface area contributed by atoms with Crippen molar-refractivity contribution in [3.05, 3.63) is 0 Å². The number of aliphatic carboxylic acids is 1. The van der Waals surface area contributed by atoms with E-state index in [1.54, 1.807) is 11.8 Å². The lowest BCUT2D eigenvalue weighted by atomic mass is 10.3. The van der Waals surface area contributed by atoms with E-state index in [0.29, 0.717) is 5.75 Å². The third-order valence-electron chi connectivity index (χ3n) is 1.35. The molecule has 0 rings (SSSR count). The van der Waals surface area contributed by atoms with Crippen molar-refractivity contribution >= 4 is 23.5 Å². The Kier molecular flexibility index (Phi) is 6.85. The van der Waals surface area contributed by atoms with Crippen LogP contribution in [0.2, 0.25) is 0 Å². The van der Waals surface area contributed by atoms with Gasteiger partial charge in [0.25, 0.3) is 0 Å². The van der Waals surface area contributed by atoms with Gasteiger partial charge in [0.1, 0.15) is 0 Å². The number of thioether (sulfide) groups is 1. The highest BCUT2D eigenvalue weighted by atomic mass is 32.2. The third-order valence-corrected chi connectivity index (χ3v) is 2.42. The van der Waals surface area contributed by atoms with Crippen LogP contribution in [0.1, 0.15) is 26.2 Å². The summed E-state index contributed by atoms with van der Waals surface area (Å²) in [5, 5.41) is 8.23. The molecule has 0 radical (unpaired) electrons. The highest BCUT2D eigenvalue weighted by Gasteiger charge is 2.09. The topological polar surface area (TPSA) is 54.4 Å². The van der Waals surface area contributed by atoms with Gasteiger partial charge < -0.3 is 5.11 Å². The zero-order valence-electron chi connectivity index (χ0n) is 7.21. The summed E-state index contributed by atoms with van der Waals surface area (Å²) < 4.78 is 0. The van der Waals surface area contributed by atoms with Crippen LogP contribution in [0.5, 0.6) is 0 Å². The molecule has 0 fully saturated rings. The summed E-state index contributed by atoms with van der Waals surface area (Å²) in [6.07, 6.45) is 2.43. The molecule has 0 saturated heterocycles. The minimum absolute atomic E-state index is 0.156. The number of rotatable bonds is 7. The smallest absolute Gasteiger partial charge is 0.372 e. The van der Waals surface area contributed by atoms with Gasteiger partial charge >= 0.3 is 5.97 Å². The first-order valence-corrected chi connectivity index (χ1v) is 5.17. The Labute approximate surface area is 76.5 Å². The normalized spacial score (nSPS) is 9.75. The second kappa shape index (κ2) is 7.16. The predicted octanol–water partition coefficient (Wildman–Crippen LogP) is 1.56. The van der Waals surface area contributed by atoms with Crippen LogP contribution in [-0.4, -0.2) is 28.4 Å². The van der Waals surface area contributed by atoms with E-state index in [1.807, 2.05) is 0 Å². The van der Waals surface area contributed by atoms with Gasteiger partial charge in [0.15, 0.2) is 0 Å². The van der Waals surface area contributed by atoms with Crippen molar-refractivity contribution < 1.29 is 14.7 Å². The van der Waals surface area contributed by atoms with Gasteiger partial charge in [-0.05, 0) is 12.2 Å². The van der Waals surface area contributed by atoms with Crippen molar-refractivity contribution in [3.8, 4) is 0 Å². The van der Waals surface area contributed by atoms with Gasteiger partial charge in [-0.15, -0.1) is 0 Å². The van der Waals surface area contributed by atoms with E-state index in [-0.39, 0.29) is 6.42 Å². The van der Waals surface area contributed by atoms with Crippen LogP contribution in [0.4, 0.5) is 0 Å². The van der Waals surface area contributed by atoms with Crippen LogP contribution in [0, 0.1) is 0 Å². The SMILES string of the molecule is CCCCSCCC(=O)C(=O)O. The lowest BCUT2D eigenvalue weighted by Crippen LogP contribution is -2.12. The molecule has 0 heterocycles. The molecule has 0 aliphatic heterocycles. The summed E-state index contributed by atoms with van der Waals surface area (Å²) in [5.74, 6) is -0.348. The lowest BCUT2D eigenvalue weighted by molar-refractivity contribution is -0.148. The summed E-state index contributed by atoms with van der Waals surface area (Å²) in [7, 11) is 0. The monoisotopic (exact) mass is 190 g/mol. The molecule has 4 heteroatoms. The van der Waals surface area contributed by atoms with Crippen LogP contribution >= 0.6 is 11.8 Å². The molecule has 0 spiro atoms. The van der Waals surface area contributed by atoms with Gasteiger partial charge in [-0.25, -0.2) is 4.79 Å². The molecule has 0 bridgehead atoms. The number of ketones is 1. The van der Waals surface area contributed by atoms with Gasteiger partial charge in [-0.1, -0.05) is 13.3 Å². The van der Waals surface area contributed by atoms with E-state index in [0.717, 1.165) is 18.6 Å². The molecule has 70 valence electrons. The number of hydrogen-bond donors (Lipinski definition) is 1. The van der Waals surface area contributed by atoms with Crippen molar-refractivity contribution in [3.63, 3.8) is 0 Å². The van der Waals surface area contributed by atoms with Gasteiger partial charge in [0, 0.05) is 12.2 Å². The number of hydrogen-bond acceptors (Lipinski definition) is 3. The van der Waals surface area contributed by atoms with Crippen molar-refractivity contribution in [2.45, 2.75) is 26.2 Å². The molecule has 0 aliphatic carbocycles. The summed E-state index contributed by atoms with van der Waals surface area (Å²) in [5.41, 5.74) is 0. The Hall–Kier alpha value is -0.510. The summed E-state index contributed by atoms with van der Waals surface area (Å²) >= 11 is 1.64. The molecule has 0 saturated carbocycles. The number of carbonyl (C=O) groups excluding carboxylic acids is 1. The van der Waals surface area contributed by atoms with Crippen LogP contribution in [0.3, 0.4) is 0 Å². The van der Waals surface area contributed by atoms with E-state index >= 15 is 0 Å². The second-order valence-electron chi connectivity index (χ2n) is 2.44. The quantitative estimate of drug-likeness (QED) is 0.489. The van der Waals surface area contributed by atoms with Crippen LogP contribution in [0.25, 0.3) is 0 Å². The largest absolute Gasteiger partial charge is 0.476 e. The zero-order chi connectivity index (χ0) is 9.40. The van der Waals surface area contributed by atoms with Crippen molar-refractivity contribution in [2.24, 2.45) is 0 Å². The fraction of sp³-hybridized carbons (Fsp3) is 0.750. The van der Waals surface area contributed by atoms with E-state index in [9.17, 15) is 9.59 Å². The van der Waals surface area contributed by atoms with Crippen LogP contribution in [-0.2, 0) is 9.59 Å². The van der Waals surface area contributed by atoms with Gasteiger partial charge in [0.2, 0.25) is 5.78 Å². The molecule has 0 aromatic carbocycles. The Balaban J connectivity index is 3.20. The number of carboxylic acids is 1. The van der Waals surface area contributed by atoms with Crippen molar-refractivity contribution in [1.82, 2.24) is 0 Å². The maximum Gasteiger partial charge on any atom is 0.372 e. The number of carboxylic acid groups (broad SMARTS) is 1. The average molecular weight is 190 g/mol. The predicted molar refractivity (Wildman–Crippen MR) is 49.5 cm³/mol. The number of carbonyl (C=O) groups is 2. The molecule has 0 aliphatic rings. The van der Waals surface area contributed by atoms with E-state index < -0.39 is 11.8 Å². The first-order valence-electron chi connectivity index (χ1n) is 4.02. The third kappa shape index (κ3) is 6.22. The summed E-state index contributed by atoms with van der Waals surface area (Å²) in [4.78, 5) is 20.6. The lowest BCUT2D eigenvalue weighted by Gasteiger charge is -1.96. The Morgan fingerprint density at radius 2 is 2.00 bits per heavy atom. The maximum atomic E-state index is 10.6. The second-order valence-corrected chi connectivity index (χ2v) is 3.67. The minimum atomic E-state index is -1.31. The number of unbranched alkanes of at least 4 members (excludes halogenated alkanes) is 1.